The van der Waals surface area contributed by atoms with Crippen LogP contribution >= 0.6 is 15.9 Å². The van der Waals surface area contributed by atoms with E-state index in [-0.39, 0.29) is 24.4 Å². The first-order valence-corrected chi connectivity index (χ1v) is 12.5. The first kappa shape index (κ1) is 23.4. The molecule has 9 heteroatoms. The topological polar surface area (TPSA) is 110 Å². The average molecular weight is 531 g/mol. The first-order chi connectivity index (χ1) is 15.7. The van der Waals surface area contributed by atoms with Crippen LogP contribution in [0.4, 0.5) is 0 Å². The maximum atomic E-state index is 13.3. The van der Waals surface area contributed by atoms with E-state index in [1.165, 1.54) is 16.4 Å². The Kier molecular flexibility index (Phi) is 6.58. The number of nitrogens with two attached hydrogens (primary N) is 1. The monoisotopic (exact) mass is 530 g/mol. The minimum absolute atomic E-state index is 0.0403. The molecule has 0 saturated carbocycles. The van der Waals surface area contributed by atoms with Crippen molar-refractivity contribution >= 4 is 31.9 Å². The summed E-state index contributed by atoms with van der Waals surface area (Å²) in [5.74, 6) is -0.502. The summed E-state index contributed by atoms with van der Waals surface area (Å²) in [4.78, 5) is 11.2. The molecule has 3 aromatic carbocycles. The second-order valence-corrected chi connectivity index (χ2v) is 10.8. The van der Waals surface area contributed by atoms with Crippen LogP contribution in [0.5, 0.6) is 5.75 Å². The molecule has 0 aliphatic carbocycles. The van der Waals surface area contributed by atoms with Crippen molar-refractivity contribution in [2.45, 2.75) is 23.0 Å². The van der Waals surface area contributed by atoms with E-state index >= 15 is 0 Å². The Morgan fingerprint density at radius 2 is 1.76 bits per heavy atom. The van der Waals surface area contributed by atoms with E-state index in [9.17, 15) is 13.2 Å². The number of benzene rings is 3. The van der Waals surface area contributed by atoms with Crippen molar-refractivity contribution in [3.63, 3.8) is 0 Å². The quantitative estimate of drug-likeness (QED) is 0.461. The van der Waals surface area contributed by atoms with Gasteiger partial charge in [-0.2, -0.15) is 4.31 Å². The number of hydrogen-bond acceptors (Lipinski definition) is 5. The minimum atomic E-state index is -3.80. The van der Waals surface area contributed by atoms with Crippen LogP contribution in [-0.2, 0) is 26.8 Å². The van der Waals surface area contributed by atoms with Crippen molar-refractivity contribution < 1.29 is 23.1 Å². The van der Waals surface area contributed by atoms with Gasteiger partial charge in [-0.1, -0.05) is 64.5 Å². The lowest BCUT2D eigenvalue weighted by molar-refractivity contribution is -0.138. The fraction of sp³-hybridized carbons (Fsp3) is 0.208. The minimum Gasteiger partial charge on any atom is -0.480 e. The molecule has 0 unspecified atom stereocenters. The molecule has 172 valence electrons. The van der Waals surface area contributed by atoms with Gasteiger partial charge >= 0.3 is 5.97 Å². The number of rotatable bonds is 8. The summed E-state index contributed by atoms with van der Waals surface area (Å²) in [5, 5.41) is 9.04. The summed E-state index contributed by atoms with van der Waals surface area (Å²) in [7, 11) is -3.80. The van der Waals surface area contributed by atoms with E-state index in [0.717, 1.165) is 10.0 Å². The molecule has 0 amide bonds. The van der Waals surface area contributed by atoms with Crippen molar-refractivity contribution in [3.8, 4) is 5.75 Å². The Hall–Kier alpha value is -2.72. The van der Waals surface area contributed by atoms with Gasteiger partial charge in [0.1, 0.15) is 11.8 Å². The van der Waals surface area contributed by atoms with Crippen molar-refractivity contribution in [3.05, 3.63) is 94.5 Å². The molecule has 0 radical (unpaired) electrons. The Balaban J connectivity index is 1.59. The predicted octanol–water partition coefficient (Wildman–Crippen LogP) is 3.38. The SMILES string of the molecule is N[C@@H](Cc1cccc(S(=O)(=O)N2CC(Oc3cccc(Br)c3)(c3ccccc3)C2)c1)C(=O)O. The van der Waals surface area contributed by atoms with Gasteiger partial charge in [-0.3, -0.25) is 4.79 Å². The average Bonchev–Trinajstić information content (AvgIpc) is 2.76. The lowest BCUT2D eigenvalue weighted by atomic mass is 9.87. The van der Waals surface area contributed by atoms with E-state index in [0.29, 0.717) is 11.3 Å². The summed E-state index contributed by atoms with van der Waals surface area (Å²) < 4.78 is 35.2. The fourth-order valence-electron chi connectivity index (χ4n) is 3.82. The Morgan fingerprint density at radius 1 is 1.06 bits per heavy atom. The van der Waals surface area contributed by atoms with E-state index in [4.69, 9.17) is 15.6 Å². The van der Waals surface area contributed by atoms with Crippen molar-refractivity contribution in [2.24, 2.45) is 5.73 Å². The first-order valence-electron chi connectivity index (χ1n) is 10.3. The number of carbonyl (C=O) groups is 1. The largest absolute Gasteiger partial charge is 0.480 e. The molecule has 33 heavy (non-hydrogen) atoms. The zero-order chi connectivity index (χ0) is 23.6. The highest BCUT2D eigenvalue weighted by atomic mass is 79.9. The summed E-state index contributed by atoms with van der Waals surface area (Å²) in [6.07, 6.45) is 0.0403. The van der Waals surface area contributed by atoms with Crippen LogP contribution < -0.4 is 10.5 Å². The van der Waals surface area contributed by atoms with Crippen molar-refractivity contribution in [1.29, 1.82) is 0 Å². The fourth-order valence-corrected chi connectivity index (χ4v) is 5.80. The van der Waals surface area contributed by atoms with Gasteiger partial charge in [0.25, 0.3) is 0 Å². The summed E-state index contributed by atoms with van der Waals surface area (Å²) >= 11 is 3.44. The van der Waals surface area contributed by atoms with Crippen molar-refractivity contribution in [2.75, 3.05) is 13.1 Å². The van der Waals surface area contributed by atoms with E-state index in [1.54, 1.807) is 12.1 Å². The Bertz CT molecular complexity index is 1260. The van der Waals surface area contributed by atoms with Gasteiger partial charge in [0.15, 0.2) is 5.60 Å². The third-order valence-electron chi connectivity index (χ3n) is 5.58. The van der Waals surface area contributed by atoms with Crippen LogP contribution in [0, 0.1) is 0 Å². The summed E-state index contributed by atoms with van der Waals surface area (Å²) in [6.45, 7) is 0.287. The molecule has 3 aromatic rings. The lowest BCUT2D eigenvalue weighted by Crippen LogP contribution is -2.64. The second-order valence-electron chi connectivity index (χ2n) is 7.99. The number of sulfonamides is 1. The number of carboxylic acid groups (broad SMARTS) is 1. The van der Waals surface area contributed by atoms with Crippen LogP contribution in [0.25, 0.3) is 0 Å². The number of nitrogens with zero attached hydrogens (tertiary/aromatic N) is 1. The molecule has 0 spiro atoms. The summed E-state index contributed by atoms with van der Waals surface area (Å²) in [5.41, 5.74) is 6.22. The van der Waals surface area contributed by atoms with Crippen LogP contribution in [-0.4, -0.2) is 42.9 Å². The van der Waals surface area contributed by atoms with Gasteiger partial charge in [-0.25, -0.2) is 8.42 Å². The number of ether oxygens (including phenoxy) is 1. The summed E-state index contributed by atoms with van der Waals surface area (Å²) in [6, 6.07) is 22.1. The molecular formula is C24H23BrN2O5S. The normalized spacial score (nSPS) is 16.5. The number of halogens is 1. The highest BCUT2D eigenvalue weighted by Crippen LogP contribution is 2.40. The third-order valence-corrected chi connectivity index (χ3v) is 7.86. The van der Waals surface area contributed by atoms with Crippen LogP contribution in [0.1, 0.15) is 11.1 Å². The maximum Gasteiger partial charge on any atom is 0.320 e. The molecule has 0 aromatic heterocycles. The molecule has 1 aliphatic heterocycles. The van der Waals surface area contributed by atoms with E-state index in [1.807, 2.05) is 54.6 Å². The van der Waals surface area contributed by atoms with Crippen LogP contribution in [0.3, 0.4) is 0 Å². The van der Waals surface area contributed by atoms with Crippen molar-refractivity contribution in [1.82, 2.24) is 4.31 Å². The van der Waals surface area contributed by atoms with Gasteiger partial charge in [0.2, 0.25) is 10.0 Å². The molecule has 1 saturated heterocycles. The molecule has 1 heterocycles. The Labute approximate surface area is 201 Å². The molecule has 1 fully saturated rings. The lowest BCUT2D eigenvalue weighted by Gasteiger charge is -2.48. The maximum absolute atomic E-state index is 13.3. The molecule has 1 atom stereocenters. The Morgan fingerprint density at radius 3 is 2.42 bits per heavy atom. The number of carboxylic acids is 1. The van der Waals surface area contributed by atoms with Gasteiger partial charge in [0, 0.05) is 4.47 Å². The van der Waals surface area contributed by atoms with E-state index < -0.39 is 27.6 Å². The third kappa shape index (κ3) is 4.96. The van der Waals surface area contributed by atoms with Gasteiger partial charge in [-0.15, -0.1) is 0 Å². The van der Waals surface area contributed by atoms with Gasteiger partial charge in [-0.05, 0) is 47.9 Å². The van der Waals surface area contributed by atoms with Crippen LogP contribution in [0.2, 0.25) is 0 Å². The van der Waals surface area contributed by atoms with E-state index in [2.05, 4.69) is 15.9 Å². The molecule has 1 aliphatic rings. The second kappa shape index (κ2) is 9.26. The molecular weight excluding hydrogens is 508 g/mol. The molecule has 4 rings (SSSR count). The predicted molar refractivity (Wildman–Crippen MR) is 127 cm³/mol. The zero-order valence-electron chi connectivity index (χ0n) is 17.6. The highest BCUT2D eigenvalue weighted by Gasteiger charge is 2.52. The molecule has 7 nitrogen and oxygen atoms in total. The van der Waals surface area contributed by atoms with Gasteiger partial charge in [0.05, 0.1) is 18.0 Å². The smallest absolute Gasteiger partial charge is 0.320 e. The zero-order valence-corrected chi connectivity index (χ0v) is 20.0. The number of aliphatic carboxylic acids is 1. The molecule has 0 bridgehead atoms. The number of hydrogen-bond donors (Lipinski definition) is 2. The highest BCUT2D eigenvalue weighted by molar-refractivity contribution is 9.10. The van der Waals surface area contributed by atoms with Crippen LogP contribution in [0.15, 0.2) is 88.2 Å². The standard InChI is InChI=1S/C24H23BrN2O5S/c25-19-9-5-10-20(14-19)32-24(18-7-2-1-3-8-18)15-27(16-24)33(30,31)21-11-4-6-17(12-21)13-22(26)23(28)29/h1-12,14,22H,13,15-16,26H2,(H,28,29)/t22-/m0/s1. The molecule has 3 N–H and O–H groups in total. The van der Waals surface area contributed by atoms with Gasteiger partial charge < -0.3 is 15.6 Å².